The van der Waals surface area contributed by atoms with Crippen LogP contribution >= 0.6 is 9.24 Å². The number of amides is 1. The van der Waals surface area contributed by atoms with Crippen molar-refractivity contribution in [2.45, 2.75) is 19.3 Å². The van der Waals surface area contributed by atoms with Gasteiger partial charge in [-0.25, -0.2) is 4.39 Å². The molecule has 1 N–H and O–H groups in total. The molecule has 2 aromatic carbocycles. The molecule has 1 amide bonds. The molecule has 4 rings (SSSR count). The highest BCUT2D eigenvalue weighted by atomic mass is 31.0. The maximum atomic E-state index is 15.2. The van der Waals surface area contributed by atoms with E-state index in [4.69, 9.17) is 4.74 Å². The van der Waals surface area contributed by atoms with Gasteiger partial charge in [0.25, 0.3) is 5.91 Å². The first-order valence-corrected chi connectivity index (χ1v) is 12.5. The third-order valence-corrected chi connectivity index (χ3v) is 6.36. The number of aliphatic imine (C=N–C) groups is 1. The van der Waals surface area contributed by atoms with Gasteiger partial charge in [0.1, 0.15) is 5.82 Å². The summed E-state index contributed by atoms with van der Waals surface area (Å²) < 4.78 is 20.4. The van der Waals surface area contributed by atoms with Crippen LogP contribution in [0.5, 0.6) is 0 Å². The summed E-state index contributed by atoms with van der Waals surface area (Å²) in [7, 11) is 4.28. The third kappa shape index (κ3) is 6.42. The van der Waals surface area contributed by atoms with Crippen LogP contribution in [0.2, 0.25) is 0 Å². The fraction of sp³-hybridized carbons (Fsp3) is 0.250. The van der Waals surface area contributed by atoms with Crippen molar-refractivity contribution in [3.8, 4) is 22.5 Å². The predicted molar refractivity (Wildman–Crippen MR) is 146 cm³/mol. The minimum absolute atomic E-state index is 0.221. The van der Waals surface area contributed by atoms with Gasteiger partial charge in [0.05, 0.1) is 17.0 Å². The number of methoxy groups -OCH3 is 1. The number of carbonyl (C=O) groups excluding carboxylic acids is 1. The van der Waals surface area contributed by atoms with Crippen LogP contribution < -0.4 is 5.30 Å². The van der Waals surface area contributed by atoms with Crippen LogP contribution in [0, 0.1) is 5.82 Å². The van der Waals surface area contributed by atoms with E-state index in [1.54, 1.807) is 36.4 Å². The number of aromatic nitrogens is 2. The molecule has 6 nitrogen and oxygen atoms in total. The monoisotopic (exact) mass is 504 g/mol. The lowest BCUT2D eigenvalue weighted by molar-refractivity contribution is 0.0742. The molecule has 8 heteroatoms. The maximum Gasteiger partial charge on any atom is 0.254 e. The Morgan fingerprint density at radius 3 is 2.81 bits per heavy atom. The van der Waals surface area contributed by atoms with Gasteiger partial charge in [-0.2, -0.15) is 5.10 Å². The number of nitrogens with one attached hydrogen (secondary N) is 1. The molecule has 186 valence electrons. The second-order valence-electron chi connectivity index (χ2n) is 8.51. The van der Waals surface area contributed by atoms with E-state index in [-0.39, 0.29) is 11.5 Å². The third-order valence-electron chi connectivity index (χ3n) is 5.98. The van der Waals surface area contributed by atoms with E-state index in [0.29, 0.717) is 49.5 Å². The summed E-state index contributed by atoms with van der Waals surface area (Å²) in [5, 5.41) is 8.37. The minimum Gasteiger partial charge on any atom is -0.385 e. The molecule has 1 unspecified atom stereocenters. The number of ether oxygens (including phenoxy) is 1. The van der Waals surface area contributed by atoms with Crippen LogP contribution in [-0.2, 0) is 4.74 Å². The highest BCUT2D eigenvalue weighted by Gasteiger charge is 2.23. The Balaban J connectivity index is 1.61. The van der Waals surface area contributed by atoms with Crippen molar-refractivity contribution in [2.24, 2.45) is 4.99 Å². The first-order chi connectivity index (χ1) is 17.6. The van der Waals surface area contributed by atoms with E-state index < -0.39 is 5.82 Å². The first kappa shape index (κ1) is 25.7. The van der Waals surface area contributed by atoms with Crippen LogP contribution in [0.25, 0.3) is 22.5 Å². The number of hydrogen-bond acceptors (Lipinski definition) is 4. The quantitative estimate of drug-likeness (QED) is 0.306. The van der Waals surface area contributed by atoms with Crippen LogP contribution in [0.4, 0.5) is 4.39 Å². The summed E-state index contributed by atoms with van der Waals surface area (Å²) in [6.45, 7) is 1.51. The zero-order chi connectivity index (χ0) is 25.3. The van der Waals surface area contributed by atoms with Gasteiger partial charge >= 0.3 is 0 Å². The molecule has 0 aliphatic carbocycles. The Kier molecular flexibility index (Phi) is 8.93. The van der Waals surface area contributed by atoms with Crippen molar-refractivity contribution >= 4 is 26.2 Å². The lowest BCUT2D eigenvalue weighted by Gasteiger charge is -2.24. The van der Waals surface area contributed by atoms with Gasteiger partial charge in [-0.3, -0.25) is 14.9 Å². The SMILES string of the molecule is COCCCN(CCC1=NC=CC=CC1)C(=O)c1cccc(F)c1-c1cc(-c2ccc(P)cc2)n[nH]1. The highest BCUT2D eigenvalue weighted by Crippen LogP contribution is 2.30. The normalized spacial score (nSPS) is 12.9. The molecule has 0 bridgehead atoms. The van der Waals surface area contributed by atoms with Crippen molar-refractivity contribution in [3.05, 3.63) is 84.3 Å². The molecule has 3 aromatic rings. The molecule has 1 atom stereocenters. The van der Waals surface area contributed by atoms with Crippen molar-refractivity contribution in [1.29, 1.82) is 0 Å². The zero-order valence-corrected chi connectivity index (χ0v) is 21.4. The van der Waals surface area contributed by atoms with Crippen LogP contribution in [0.3, 0.4) is 0 Å². The van der Waals surface area contributed by atoms with E-state index in [0.717, 1.165) is 23.0 Å². The number of rotatable bonds is 10. The Bertz CT molecular complexity index is 1280. The summed E-state index contributed by atoms with van der Waals surface area (Å²) in [4.78, 5) is 20.0. The Morgan fingerprint density at radius 1 is 1.17 bits per heavy atom. The summed E-state index contributed by atoms with van der Waals surface area (Å²) in [5.74, 6) is -0.707. The van der Waals surface area contributed by atoms with Crippen molar-refractivity contribution in [1.82, 2.24) is 15.1 Å². The standard InChI is InChI=1S/C28H30FN4O2P/c1-35-18-6-16-33(17-14-21-7-3-2-4-15-30-21)28(34)23-8-5-9-24(29)27(23)26-19-25(31-32-26)20-10-12-22(36)13-11-20/h2-5,8-13,15,19H,6-7,14,16-18,36H2,1H3,(H,31,32). The van der Waals surface area contributed by atoms with Crippen LogP contribution in [0.1, 0.15) is 29.6 Å². The number of hydrogen-bond donors (Lipinski definition) is 1. The number of aromatic amines is 1. The number of allylic oxidation sites excluding steroid dienone is 3. The van der Waals surface area contributed by atoms with Crippen LogP contribution in [0.15, 0.2) is 78.0 Å². The fourth-order valence-corrected chi connectivity index (χ4v) is 4.27. The minimum atomic E-state index is -0.475. The van der Waals surface area contributed by atoms with Gasteiger partial charge in [0.2, 0.25) is 0 Å². The number of carbonyl (C=O) groups is 1. The van der Waals surface area contributed by atoms with Crippen LogP contribution in [-0.4, -0.2) is 53.5 Å². The molecule has 1 aromatic heterocycles. The van der Waals surface area contributed by atoms with Gasteiger partial charge in [-0.15, -0.1) is 9.24 Å². The average molecular weight is 505 g/mol. The van der Waals surface area contributed by atoms with Gasteiger partial charge in [0, 0.05) is 62.7 Å². The van der Waals surface area contributed by atoms with E-state index in [9.17, 15) is 4.79 Å². The van der Waals surface area contributed by atoms with Crippen molar-refractivity contribution < 1.29 is 13.9 Å². The van der Waals surface area contributed by atoms with Crippen molar-refractivity contribution in [3.63, 3.8) is 0 Å². The molecule has 0 saturated carbocycles. The van der Waals surface area contributed by atoms with Gasteiger partial charge in [-0.1, -0.05) is 42.5 Å². The molecule has 1 aliphatic heterocycles. The molecule has 36 heavy (non-hydrogen) atoms. The largest absolute Gasteiger partial charge is 0.385 e. The summed E-state index contributed by atoms with van der Waals surface area (Å²) in [6.07, 6.45) is 9.73. The van der Waals surface area contributed by atoms with E-state index in [2.05, 4.69) is 24.4 Å². The molecule has 2 heterocycles. The lowest BCUT2D eigenvalue weighted by Crippen LogP contribution is -2.35. The van der Waals surface area contributed by atoms with Crippen molar-refractivity contribution in [2.75, 3.05) is 26.8 Å². The number of benzene rings is 2. The summed E-state index contributed by atoms with van der Waals surface area (Å²) >= 11 is 0. The Morgan fingerprint density at radius 2 is 2.00 bits per heavy atom. The topological polar surface area (TPSA) is 70.6 Å². The lowest BCUT2D eigenvalue weighted by atomic mass is 10.0. The highest BCUT2D eigenvalue weighted by molar-refractivity contribution is 7.27. The first-order valence-electron chi connectivity index (χ1n) is 11.9. The molecule has 0 fully saturated rings. The maximum absolute atomic E-state index is 15.2. The number of halogens is 1. The Labute approximate surface area is 213 Å². The molecular weight excluding hydrogens is 474 g/mol. The summed E-state index contributed by atoms with van der Waals surface area (Å²) in [6, 6.07) is 14.2. The predicted octanol–water partition coefficient (Wildman–Crippen LogP) is 5.17. The molecule has 0 radical (unpaired) electrons. The molecule has 1 aliphatic rings. The van der Waals surface area contributed by atoms with E-state index >= 15 is 4.39 Å². The van der Waals surface area contributed by atoms with E-state index in [1.807, 2.05) is 42.5 Å². The molecule has 0 spiro atoms. The smallest absolute Gasteiger partial charge is 0.254 e. The number of H-pyrrole nitrogens is 1. The van der Waals surface area contributed by atoms with Gasteiger partial charge < -0.3 is 9.64 Å². The second-order valence-corrected chi connectivity index (χ2v) is 9.18. The van der Waals surface area contributed by atoms with Gasteiger partial charge in [-0.05, 0) is 36.0 Å². The summed E-state index contributed by atoms with van der Waals surface area (Å²) in [5.41, 5.74) is 3.56. The number of nitrogens with zero attached hydrogens (tertiary/aromatic N) is 3. The Hall–Kier alpha value is -3.41. The average Bonchev–Trinajstić information content (AvgIpc) is 3.22. The second kappa shape index (κ2) is 12.5. The fourth-order valence-electron chi connectivity index (χ4n) is 4.08. The zero-order valence-electron chi connectivity index (χ0n) is 20.3. The molecule has 0 saturated heterocycles. The van der Waals surface area contributed by atoms with E-state index in [1.165, 1.54) is 6.07 Å². The molecular formula is C28H30FN4O2P. The van der Waals surface area contributed by atoms with Gasteiger partial charge in [0.15, 0.2) is 0 Å².